The van der Waals surface area contributed by atoms with Gasteiger partial charge in [0.1, 0.15) is 0 Å². The summed E-state index contributed by atoms with van der Waals surface area (Å²) >= 11 is 0. The zero-order chi connectivity index (χ0) is 18.5. The van der Waals surface area contributed by atoms with E-state index in [1.807, 2.05) is 17.5 Å². The minimum Gasteiger partial charge on any atom is -0.311 e. The van der Waals surface area contributed by atoms with E-state index in [1.165, 1.54) is 9.13 Å². The average molecular weight is 345 g/mol. The van der Waals surface area contributed by atoms with Gasteiger partial charge < -0.3 is 4.57 Å². The van der Waals surface area contributed by atoms with Gasteiger partial charge in [0, 0.05) is 31.5 Å². The van der Waals surface area contributed by atoms with E-state index in [4.69, 9.17) is 0 Å². The number of hydrogen-bond acceptors (Lipinski definition) is 3. The third kappa shape index (κ3) is 2.62. The van der Waals surface area contributed by atoms with Gasteiger partial charge in [-0.15, -0.1) is 0 Å². The highest BCUT2D eigenvalue weighted by molar-refractivity contribution is 5.75. The molecule has 3 heterocycles. The summed E-state index contributed by atoms with van der Waals surface area (Å²) in [5, 5.41) is 0. The molecule has 3 aromatic rings. The fourth-order valence-electron chi connectivity index (χ4n) is 3.34. The van der Waals surface area contributed by atoms with E-state index >= 15 is 0 Å². The van der Waals surface area contributed by atoms with Gasteiger partial charge in [0.05, 0.1) is 0 Å². The number of fused-ring (bicyclic) bond motifs is 3. The molecule has 136 valence electrons. The molecule has 1 atom stereocenters. The van der Waals surface area contributed by atoms with Crippen LogP contribution >= 0.6 is 0 Å². The maximum Gasteiger partial charge on any atom is 0.332 e. The lowest BCUT2D eigenvalue weighted by atomic mass is 10.1. The van der Waals surface area contributed by atoms with Crippen LogP contribution in [0.15, 0.2) is 15.8 Å². The van der Waals surface area contributed by atoms with E-state index in [0.29, 0.717) is 23.6 Å². The Bertz CT molecular complexity index is 1050. The van der Waals surface area contributed by atoms with Crippen LogP contribution in [0.4, 0.5) is 0 Å². The van der Waals surface area contributed by atoms with E-state index in [1.54, 1.807) is 7.05 Å². The van der Waals surface area contributed by atoms with Crippen LogP contribution in [0.1, 0.15) is 52.3 Å². The van der Waals surface area contributed by atoms with Gasteiger partial charge in [0.2, 0.25) is 5.78 Å². The first-order valence-electron chi connectivity index (χ1n) is 8.97. The number of aromatic nitrogens is 5. The summed E-state index contributed by atoms with van der Waals surface area (Å²) in [6, 6.07) is 0.273. The van der Waals surface area contributed by atoms with Crippen molar-refractivity contribution in [3.05, 3.63) is 32.7 Å². The van der Waals surface area contributed by atoms with Crippen molar-refractivity contribution in [2.24, 2.45) is 13.0 Å². The van der Waals surface area contributed by atoms with Crippen molar-refractivity contribution in [3.8, 4) is 0 Å². The van der Waals surface area contributed by atoms with Gasteiger partial charge in [0.25, 0.3) is 5.56 Å². The minimum atomic E-state index is -0.300. The molecule has 0 aliphatic rings. The van der Waals surface area contributed by atoms with Crippen molar-refractivity contribution in [2.45, 2.75) is 60.0 Å². The summed E-state index contributed by atoms with van der Waals surface area (Å²) in [5.41, 5.74) is 1.42. The zero-order valence-corrected chi connectivity index (χ0v) is 15.9. The van der Waals surface area contributed by atoms with Crippen LogP contribution < -0.4 is 11.2 Å². The van der Waals surface area contributed by atoms with Gasteiger partial charge in [-0.05, 0) is 32.6 Å². The first-order chi connectivity index (χ1) is 11.8. The topological polar surface area (TPSA) is 66.2 Å². The number of imidazole rings is 2. The van der Waals surface area contributed by atoms with Crippen molar-refractivity contribution < 1.29 is 0 Å². The minimum absolute atomic E-state index is 0.257. The second-order valence-electron chi connectivity index (χ2n) is 7.33. The Hall–Kier alpha value is -2.31. The summed E-state index contributed by atoms with van der Waals surface area (Å²) in [4.78, 5) is 30.3. The first kappa shape index (κ1) is 17.5. The Balaban J connectivity index is 2.36. The van der Waals surface area contributed by atoms with Gasteiger partial charge in [-0.3, -0.25) is 18.3 Å². The predicted octanol–water partition coefficient (Wildman–Crippen LogP) is 2.47. The van der Waals surface area contributed by atoms with Gasteiger partial charge in [-0.25, -0.2) is 4.79 Å². The molecule has 0 bridgehead atoms. The van der Waals surface area contributed by atoms with Crippen LogP contribution in [0.25, 0.3) is 16.9 Å². The standard InChI is InChI=1S/C18H27N5O2/c1-7-12(4)23-13(5)10-22-14-15(19-17(22)23)20(6)18(25)21(16(14)24)9-8-11(2)3/h10-12H,7-9H2,1-6H3. The van der Waals surface area contributed by atoms with Crippen molar-refractivity contribution in [1.29, 1.82) is 0 Å². The van der Waals surface area contributed by atoms with E-state index < -0.39 is 0 Å². The van der Waals surface area contributed by atoms with Crippen LogP contribution in [0.5, 0.6) is 0 Å². The van der Waals surface area contributed by atoms with Crippen LogP contribution in [0.2, 0.25) is 0 Å². The summed E-state index contributed by atoms with van der Waals surface area (Å²) in [7, 11) is 1.68. The molecule has 3 rings (SSSR count). The molecule has 0 spiro atoms. The zero-order valence-electron chi connectivity index (χ0n) is 15.9. The number of nitrogens with zero attached hydrogens (tertiary/aromatic N) is 5. The van der Waals surface area contributed by atoms with Crippen molar-refractivity contribution >= 4 is 16.9 Å². The van der Waals surface area contributed by atoms with E-state index in [-0.39, 0.29) is 17.3 Å². The van der Waals surface area contributed by atoms with Crippen molar-refractivity contribution in [1.82, 2.24) is 23.1 Å². The molecule has 3 aromatic heterocycles. The molecule has 0 aromatic carbocycles. The Morgan fingerprint density at radius 2 is 1.88 bits per heavy atom. The Morgan fingerprint density at radius 1 is 1.20 bits per heavy atom. The fourth-order valence-corrected chi connectivity index (χ4v) is 3.34. The summed E-state index contributed by atoms with van der Waals surface area (Å²) in [6.07, 6.45) is 3.69. The molecular weight excluding hydrogens is 318 g/mol. The maximum atomic E-state index is 13.0. The van der Waals surface area contributed by atoms with Crippen molar-refractivity contribution in [3.63, 3.8) is 0 Å². The highest BCUT2D eigenvalue weighted by atomic mass is 16.2. The monoisotopic (exact) mass is 345 g/mol. The molecule has 0 amide bonds. The molecular formula is C18H27N5O2. The van der Waals surface area contributed by atoms with Gasteiger partial charge >= 0.3 is 5.69 Å². The molecule has 7 heteroatoms. The SMILES string of the molecule is CCC(C)n1c(C)cn2c3c(=O)n(CCC(C)C)c(=O)n(C)c3nc12. The molecule has 25 heavy (non-hydrogen) atoms. The molecule has 0 saturated carbocycles. The summed E-state index contributed by atoms with van der Waals surface area (Å²) in [5.74, 6) is 1.14. The normalized spacial score (nSPS) is 13.4. The summed E-state index contributed by atoms with van der Waals surface area (Å²) < 4.78 is 6.79. The third-order valence-corrected chi connectivity index (χ3v) is 5.03. The fraction of sp³-hybridized carbons (Fsp3) is 0.611. The molecule has 1 unspecified atom stereocenters. The average Bonchev–Trinajstić information content (AvgIpc) is 3.06. The Labute approximate surface area is 146 Å². The molecule has 0 N–H and O–H groups in total. The maximum absolute atomic E-state index is 13.0. The predicted molar refractivity (Wildman–Crippen MR) is 99.4 cm³/mol. The number of rotatable bonds is 5. The van der Waals surface area contributed by atoms with Crippen LogP contribution in [-0.2, 0) is 13.6 Å². The largest absolute Gasteiger partial charge is 0.332 e. The van der Waals surface area contributed by atoms with E-state index in [2.05, 4.69) is 37.2 Å². The molecule has 0 saturated heterocycles. The van der Waals surface area contributed by atoms with Gasteiger partial charge in [-0.1, -0.05) is 20.8 Å². The smallest absolute Gasteiger partial charge is 0.311 e. The first-order valence-corrected chi connectivity index (χ1v) is 8.97. The van der Waals surface area contributed by atoms with E-state index in [9.17, 15) is 9.59 Å². The van der Waals surface area contributed by atoms with Crippen molar-refractivity contribution in [2.75, 3.05) is 0 Å². The lowest BCUT2D eigenvalue weighted by molar-refractivity contribution is 0.488. The van der Waals surface area contributed by atoms with Crippen LogP contribution in [0, 0.1) is 12.8 Å². The Kier molecular flexibility index (Phi) is 4.34. The molecule has 0 aliphatic carbocycles. The van der Waals surface area contributed by atoms with Gasteiger partial charge in [-0.2, -0.15) is 4.98 Å². The molecule has 0 radical (unpaired) electrons. The highest BCUT2D eigenvalue weighted by Gasteiger charge is 2.21. The van der Waals surface area contributed by atoms with E-state index in [0.717, 1.165) is 24.3 Å². The van der Waals surface area contributed by atoms with Crippen LogP contribution in [-0.4, -0.2) is 23.1 Å². The quantitative estimate of drug-likeness (QED) is 0.713. The lowest BCUT2D eigenvalue weighted by Crippen LogP contribution is -2.39. The Morgan fingerprint density at radius 3 is 2.48 bits per heavy atom. The lowest BCUT2D eigenvalue weighted by Gasteiger charge is -2.12. The third-order valence-electron chi connectivity index (χ3n) is 5.03. The molecule has 0 aliphatic heterocycles. The molecule has 7 nitrogen and oxygen atoms in total. The molecule has 0 fully saturated rings. The summed E-state index contributed by atoms with van der Waals surface area (Å²) in [6.45, 7) is 10.9. The number of aryl methyl sites for hydroxylation is 2. The second-order valence-corrected chi connectivity index (χ2v) is 7.33. The second kappa shape index (κ2) is 6.20. The van der Waals surface area contributed by atoms with Crippen LogP contribution in [0.3, 0.4) is 0 Å². The number of hydrogen-bond donors (Lipinski definition) is 0. The highest BCUT2D eigenvalue weighted by Crippen LogP contribution is 2.22. The van der Waals surface area contributed by atoms with Gasteiger partial charge in [0.15, 0.2) is 11.2 Å².